The Bertz CT molecular complexity index is 379. The van der Waals surface area contributed by atoms with Crippen LogP contribution in [0.5, 0.6) is 5.75 Å². The summed E-state index contributed by atoms with van der Waals surface area (Å²) in [7, 11) is 1.67. The molecule has 1 aromatic carbocycles. The Labute approximate surface area is 107 Å². The molecule has 0 unspecified atom stereocenters. The normalized spacial score (nSPS) is 13.5. The second-order valence-electron chi connectivity index (χ2n) is 3.86. The standard InChI is InChI=1S/C13H20N2OS/c1-4-10(2)15-13(14)17-9-11-6-5-7-12(8-11)16-3/h5-8,10H,4,9H2,1-3H3,(H2,14,15)/t10-/m1/s1. The number of ether oxygens (including phenoxy) is 1. The molecule has 1 atom stereocenters. The number of hydrogen-bond acceptors (Lipinski definition) is 3. The molecule has 94 valence electrons. The molecule has 0 heterocycles. The maximum absolute atomic E-state index is 5.85. The predicted octanol–water partition coefficient (Wildman–Crippen LogP) is 3.04. The molecule has 0 spiro atoms. The molecule has 4 heteroatoms. The highest BCUT2D eigenvalue weighted by atomic mass is 32.2. The molecular weight excluding hydrogens is 232 g/mol. The highest BCUT2D eigenvalue weighted by Gasteiger charge is 2.01. The molecule has 0 aliphatic carbocycles. The average Bonchev–Trinajstić information content (AvgIpc) is 2.36. The number of benzene rings is 1. The summed E-state index contributed by atoms with van der Waals surface area (Å²) in [5.41, 5.74) is 7.04. The minimum absolute atomic E-state index is 0.299. The number of methoxy groups -OCH3 is 1. The van der Waals surface area contributed by atoms with Crippen LogP contribution in [0.4, 0.5) is 0 Å². The summed E-state index contributed by atoms with van der Waals surface area (Å²) in [5.74, 6) is 1.70. The third kappa shape index (κ3) is 5.13. The van der Waals surface area contributed by atoms with Crippen LogP contribution in [0.1, 0.15) is 25.8 Å². The lowest BCUT2D eigenvalue weighted by molar-refractivity contribution is 0.414. The lowest BCUT2D eigenvalue weighted by Gasteiger charge is -2.06. The van der Waals surface area contributed by atoms with Gasteiger partial charge < -0.3 is 10.5 Å². The monoisotopic (exact) mass is 252 g/mol. The number of amidine groups is 1. The van der Waals surface area contributed by atoms with E-state index >= 15 is 0 Å². The maximum Gasteiger partial charge on any atom is 0.154 e. The molecule has 1 aromatic rings. The van der Waals surface area contributed by atoms with Gasteiger partial charge in [-0.25, -0.2) is 0 Å². The molecule has 0 radical (unpaired) electrons. The van der Waals surface area contributed by atoms with Crippen LogP contribution in [0.25, 0.3) is 0 Å². The third-order valence-electron chi connectivity index (χ3n) is 2.46. The van der Waals surface area contributed by atoms with Gasteiger partial charge in [0.15, 0.2) is 5.17 Å². The van der Waals surface area contributed by atoms with Crippen molar-refractivity contribution in [3.8, 4) is 5.75 Å². The van der Waals surface area contributed by atoms with Gasteiger partial charge in [0.25, 0.3) is 0 Å². The quantitative estimate of drug-likeness (QED) is 0.647. The van der Waals surface area contributed by atoms with E-state index in [-0.39, 0.29) is 0 Å². The lowest BCUT2D eigenvalue weighted by Crippen LogP contribution is -2.11. The van der Waals surface area contributed by atoms with Gasteiger partial charge in [-0.2, -0.15) is 0 Å². The highest BCUT2D eigenvalue weighted by molar-refractivity contribution is 8.13. The number of nitrogens with zero attached hydrogens (tertiary/aromatic N) is 1. The Morgan fingerprint density at radius 3 is 2.94 bits per heavy atom. The lowest BCUT2D eigenvalue weighted by atomic mass is 10.2. The van der Waals surface area contributed by atoms with Gasteiger partial charge in [0.05, 0.1) is 7.11 Å². The molecule has 0 bridgehead atoms. The Balaban J connectivity index is 2.52. The van der Waals surface area contributed by atoms with E-state index in [9.17, 15) is 0 Å². The van der Waals surface area contributed by atoms with Crippen molar-refractivity contribution in [2.24, 2.45) is 10.7 Å². The Morgan fingerprint density at radius 2 is 2.29 bits per heavy atom. The summed E-state index contributed by atoms with van der Waals surface area (Å²) in [6.45, 7) is 4.17. The van der Waals surface area contributed by atoms with Crippen molar-refractivity contribution in [3.05, 3.63) is 29.8 Å². The largest absolute Gasteiger partial charge is 0.497 e. The smallest absolute Gasteiger partial charge is 0.154 e. The number of rotatable bonds is 5. The molecule has 0 aliphatic rings. The van der Waals surface area contributed by atoms with E-state index < -0.39 is 0 Å². The maximum atomic E-state index is 5.85. The molecule has 0 amide bonds. The molecule has 0 fully saturated rings. The van der Waals surface area contributed by atoms with Crippen LogP contribution in [0.15, 0.2) is 29.3 Å². The summed E-state index contributed by atoms with van der Waals surface area (Å²) >= 11 is 1.56. The highest BCUT2D eigenvalue weighted by Crippen LogP contribution is 2.18. The summed E-state index contributed by atoms with van der Waals surface area (Å²) < 4.78 is 5.17. The van der Waals surface area contributed by atoms with E-state index in [0.29, 0.717) is 11.2 Å². The van der Waals surface area contributed by atoms with Crippen LogP contribution < -0.4 is 10.5 Å². The van der Waals surface area contributed by atoms with Crippen molar-refractivity contribution < 1.29 is 4.74 Å². The summed E-state index contributed by atoms with van der Waals surface area (Å²) in [6.07, 6.45) is 1.01. The zero-order chi connectivity index (χ0) is 12.7. The van der Waals surface area contributed by atoms with Crippen molar-refractivity contribution >= 4 is 16.9 Å². The summed E-state index contributed by atoms with van der Waals surface area (Å²) in [4.78, 5) is 4.38. The average molecular weight is 252 g/mol. The van der Waals surface area contributed by atoms with Gasteiger partial charge >= 0.3 is 0 Å². The van der Waals surface area contributed by atoms with Crippen molar-refractivity contribution in [2.75, 3.05) is 7.11 Å². The SMILES string of the molecule is CC[C@@H](C)N=C(N)SCc1cccc(OC)c1. The van der Waals surface area contributed by atoms with Gasteiger partial charge in [0.2, 0.25) is 0 Å². The van der Waals surface area contributed by atoms with Gasteiger partial charge in [-0.05, 0) is 31.0 Å². The fraction of sp³-hybridized carbons (Fsp3) is 0.462. The molecule has 0 aliphatic heterocycles. The van der Waals surface area contributed by atoms with Crippen molar-refractivity contribution in [3.63, 3.8) is 0 Å². The van der Waals surface area contributed by atoms with E-state index in [1.807, 2.05) is 18.2 Å². The van der Waals surface area contributed by atoms with Crippen LogP contribution in [0.2, 0.25) is 0 Å². The zero-order valence-corrected chi connectivity index (χ0v) is 11.5. The molecule has 0 aromatic heterocycles. The van der Waals surface area contributed by atoms with Crippen molar-refractivity contribution in [1.29, 1.82) is 0 Å². The minimum Gasteiger partial charge on any atom is -0.497 e. The number of nitrogens with two attached hydrogens (primary N) is 1. The van der Waals surface area contributed by atoms with Gasteiger partial charge in [-0.15, -0.1) is 0 Å². The van der Waals surface area contributed by atoms with E-state index in [2.05, 4.69) is 24.9 Å². The number of hydrogen-bond donors (Lipinski definition) is 1. The molecule has 17 heavy (non-hydrogen) atoms. The first-order valence-corrected chi connectivity index (χ1v) is 6.73. The summed E-state index contributed by atoms with van der Waals surface area (Å²) in [6, 6.07) is 8.30. The van der Waals surface area contributed by atoms with E-state index in [0.717, 1.165) is 17.9 Å². The Morgan fingerprint density at radius 1 is 1.53 bits per heavy atom. The first kappa shape index (κ1) is 13.9. The first-order chi connectivity index (χ1) is 8.15. The Hall–Kier alpha value is -1.16. The molecule has 3 nitrogen and oxygen atoms in total. The van der Waals surface area contributed by atoms with Crippen LogP contribution in [0.3, 0.4) is 0 Å². The van der Waals surface area contributed by atoms with Crippen LogP contribution in [-0.2, 0) is 5.75 Å². The summed E-state index contributed by atoms with van der Waals surface area (Å²) in [5, 5.41) is 0.655. The van der Waals surface area contributed by atoms with E-state index in [1.54, 1.807) is 18.9 Å². The second-order valence-corrected chi connectivity index (χ2v) is 4.86. The van der Waals surface area contributed by atoms with Gasteiger partial charge in [0, 0.05) is 11.8 Å². The molecule has 1 rings (SSSR count). The van der Waals surface area contributed by atoms with Crippen LogP contribution in [0, 0.1) is 0 Å². The van der Waals surface area contributed by atoms with Crippen molar-refractivity contribution in [1.82, 2.24) is 0 Å². The van der Waals surface area contributed by atoms with Crippen LogP contribution >= 0.6 is 11.8 Å². The second kappa shape index (κ2) is 7.22. The van der Waals surface area contributed by atoms with Crippen molar-refractivity contribution in [2.45, 2.75) is 32.1 Å². The fourth-order valence-electron chi connectivity index (χ4n) is 1.27. The minimum atomic E-state index is 0.299. The van der Waals surface area contributed by atoms with Gasteiger partial charge in [0.1, 0.15) is 5.75 Å². The molecule has 0 saturated carbocycles. The van der Waals surface area contributed by atoms with Gasteiger partial charge in [-0.1, -0.05) is 30.8 Å². The molecule has 2 N–H and O–H groups in total. The fourth-order valence-corrected chi connectivity index (χ4v) is 2.01. The molecule has 0 saturated heterocycles. The van der Waals surface area contributed by atoms with E-state index in [4.69, 9.17) is 10.5 Å². The number of aliphatic imine (C=N–C) groups is 1. The van der Waals surface area contributed by atoms with Crippen LogP contribution in [-0.4, -0.2) is 18.3 Å². The predicted molar refractivity (Wildman–Crippen MR) is 75.7 cm³/mol. The molecular formula is C13H20N2OS. The first-order valence-electron chi connectivity index (χ1n) is 5.74. The number of thioether (sulfide) groups is 1. The zero-order valence-electron chi connectivity index (χ0n) is 10.6. The Kier molecular flexibility index (Phi) is 5.91. The van der Waals surface area contributed by atoms with E-state index in [1.165, 1.54) is 5.56 Å². The topological polar surface area (TPSA) is 47.6 Å². The van der Waals surface area contributed by atoms with Gasteiger partial charge in [-0.3, -0.25) is 4.99 Å². The third-order valence-corrected chi connectivity index (χ3v) is 3.34.